The molecule has 0 atom stereocenters. The summed E-state index contributed by atoms with van der Waals surface area (Å²) in [6.45, 7) is 1.79. The molecule has 0 saturated carbocycles. The zero-order valence-corrected chi connectivity index (χ0v) is 12.8. The van der Waals surface area contributed by atoms with Crippen molar-refractivity contribution in [3.05, 3.63) is 62.9 Å². The van der Waals surface area contributed by atoms with Gasteiger partial charge in [0.25, 0.3) is 0 Å². The second kappa shape index (κ2) is 6.51. The van der Waals surface area contributed by atoms with Gasteiger partial charge in [0, 0.05) is 10.0 Å². The Hall–Kier alpha value is -2.19. The van der Waals surface area contributed by atoms with Crippen LogP contribution in [0.3, 0.4) is 0 Å². The van der Waals surface area contributed by atoms with Crippen LogP contribution >= 0.6 is 15.9 Å². The lowest BCUT2D eigenvalue weighted by atomic mass is 10.1. The average molecular weight is 348 g/mol. The number of hydrogen-bond donors (Lipinski definition) is 0. The minimum atomic E-state index is -0.503. The van der Waals surface area contributed by atoms with E-state index in [1.165, 1.54) is 12.1 Å². The lowest BCUT2D eigenvalue weighted by Gasteiger charge is -2.12. The van der Waals surface area contributed by atoms with Gasteiger partial charge in [-0.3, -0.25) is 4.79 Å². The first-order valence-corrected chi connectivity index (χ1v) is 6.91. The van der Waals surface area contributed by atoms with Crippen LogP contribution < -0.4 is 4.74 Å². The van der Waals surface area contributed by atoms with Gasteiger partial charge in [-0.25, -0.2) is 4.39 Å². The first-order chi connectivity index (χ1) is 10.0. The second-order valence-electron chi connectivity index (χ2n) is 4.47. The maximum atomic E-state index is 13.8. The van der Waals surface area contributed by atoms with E-state index in [9.17, 15) is 9.18 Å². The molecule has 0 radical (unpaired) electrons. The number of nitrogens with zero attached hydrogens (tertiary/aromatic N) is 1. The predicted octanol–water partition coefficient (Wildman–Crippen LogP) is 4.16. The van der Waals surface area contributed by atoms with Crippen molar-refractivity contribution in [1.82, 2.24) is 0 Å². The predicted molar refractivity (Wildman–Crippen MR) is 79.7 cm³/mol. The van der Waals surface area contributed by atoms with Gasteiger partial charge in [0.15, 0.2) is 6.29 Å². The van der Waals surface area contributed by atoms with Crippen LogP contribution in [0.15, 0.2) is 34.8 Å². The van der Waals surface area contributed by atoms with Crippen molar-refractivity contribution in [2.45, 2.75) is 13.5 Å². The van der Waals surface area contributed by atoms with E-state index in [0.29, 0.717) is 23.2 Å². The summed E-state index contributed by atoms with van der Waals surface area (Å²) in [5.74, 6) is -0.0755. The van der Waals surface area contributed by atoms with Crippen molar-refractivity contribution in [2.75, 3.05) is 0 Å². The van der Waals surface area contributed by atoms with Crippen molar-refractivity contribution in [1.29, 1.82) is 5.26 Å². The van der Waals surface area contributed by atoms with Crippen molar-refractivity contribution < 1.29 is 13.9 Å². The third-order valence-electron chi connectivity index (χ3n) is 2.95. The number of carbonyl (C=O) groups excluding carboxylic acids is 1. The average Bonchev–Trinajstić information content (AvgIpc) is 2.46. The maximum absolute atomic E-state index is 13.8. The Balaban J connectivity index is 2.25. The van der Waals surface area contributed by atoms with Gasteiger partial charge in [0.1, 0.15) is 18.2 Å². The van der Waals surface area contributed by atoms with E-state index in [-0.39, 0.29) is 12.2 Å². The number of ether oxygens (including phenoxy) is 1. The summed E-state index contributed by atoms with van der Waals surface area (Å²) >= 11 is 3.31. The molecule has 2 aromatic rings. The SMILES string of the molecule is Cc1cc(Br)cc(C=O)c1OCc1ccc(C#N)cc1F. The minimum Gasteiger partial charge on any atom is -0.488 e. The van der Waals surface area contributed by atoms with E-state index < -0.39 is 5.82 Å². The second-order valence-corrected chi connectivity index (χ2v) is 5.38. The number of halogens is 2. The van der Waals surface area contributed by atoms with Crippen LogP contribution in [0.2, 0.25) is 0 Å². The molecule has 0 aliphatic rings. The van der Waals surface area contributed by atoms with Gasteiger partial charge < -0.3 is 4.74 Å². The number of hydrogen-bond acceptors (Lipinski definition) is 3. The third kappa shape index (κ3) is 3.47. The van der Waals surface area contributed by atoms with Gasteiger partial charge in [-0.1, -0.05) is 22.0 Å². The Morgan fingerprint density at radius 1 is 1.38 bits per heavy atom. The van der Waals surface area contributed by atoms with Crippen LogP contribution in [0.25, 0.3) is 0 Å². The largest absolute Gasteiger partial charge is 0.488 e. The Morgan fingerprint density at radius 2 is 2.14 bits per heavy atom. The van der Waals surface area contributed by atoms with Crippen molar-refractivity contribution in [3.8, 4) is 11.8 Å². The lowest BCUT2D eigenvalue weighted by molar-refractivity contribution is 0.111. The van der Waals surface area contributed by atoms with Crippen LogP contribution in [-0.2, 0) is 6.61 Å². The van der Waals surface area contributed by atoms with E-state index in [2.05, 4.69) is 15.9 Å². The summed E-state index contributed by atoms with van der Waals surface area (Å²) in [5.41, 5.74) is 1.76. The highest BCUT2D eigenvalue weighted by Gasteiger charge is 2.10. The molecule has 0 amide bonds. The topological polar surface area (TPSA) is 50.1 Å². The smallest absolute Gasteiger partial charge is 0.153 e. The Labute approximate surface area is 130 Å². The molecule has 0 aliphatic carbocycles. The third-order valence-corrected chi connectivity index (χ3v) is 3.41. The number of benzene rings is 2. The van der Waals surface area contributed by atoms with Gasteiger partial charge in [-0.2, -0.15) is 5.26 Å². The zero-order chi connectivity index (χ0) is 15.4. The van der Waals surface area contributed by atoms with Crippen LogP contribution in [0.4, 0.5) is 4.39 Å². The fourth-order valence-electron chi connectivity index (χ4n) is 1.92. The van der Waals surface area contributed by atoms with E-state index >= 15 is 0 Å². The molecule has 0 aromatic heterocycles. The molecular weight excluding hydrogens is 337 g/mol. The molecule has 3 nitrogen and oxygen atoms in total. The van der Waals surface area contributed by atoms with Gasteiger partial charge in [-0.15, -0.1) is 0 Å². The molecule has 0 spiro atoms. The summed E-state index contributed by atoms with van der Waals surface area (Å²) in [6, 6.07) is 9.52. The minimum absolute atomic E-state index is 0.0130. The molecule has 5 heteroatoms. The van der Waals surface area contributed by atoms with Crippen molar-refractivity contribution >= 4 is 22.2 Å². The molecule has 0 fully saturated rings. The van der Waals surface area contributed by atoms with Crippen LogP contribution in [-0.4, -0.2) is 6.29 Å². The van der Waals surface area contributed by atoms with E-state index in [1.807, 2.05) is 19.1 Å². The maximum Gasteiger partial charge on any atom is 0.153 e. The molecule has 0 bridgehead atoms. The summed E-state index contributed by atoms with van der Waals surface area (Å²) in [7, 11) is 0. The van der Waals surface area contributed by atoms with E-state index in [4.69, 9.17) is 10.00 Å². The standard InChI is InChI=1S/C16H11BrFNO2/c1-10-4-14(17)6-13(8-20)16(10)21-9-12-3-2-11(7-19)5-15(12)18/h2-6,8H,9H2,1H3. The fraction of sp³-hybridized carbons (Fsp3) is 0.125. The van der Waals surface area contributed by atoms with Crippen molar-refractivity contribution in [3.63, 3.8) is 0 Å². The summed E-state index contributed by atoms with van der Waals surface area (Å²) in [5, 5.41) is 8.70. The first-order valence-electron chi connectivity index (χ1n) is 6.12. The molecule has 0 heterocycles. The lowest BCUT2D eigenvalue weighted by Crippen LogP contribution is -2.02. The van der Waals surface area contributed by atoms with Gasteiger partial charge >= 0.3 is 0 Å². The van der Waals surface area contributed by atoms with Crippen molar-refractivity contribution in [2.24, 2.45) is 0 Å². The molecule has 106 valence electrons. The zero-order valence-electron chi connectivity index (χ0n) is 11.2. The highest BCUT2D eigenvalue weighted by atomic mass is 79.9. The molecular formula is C16H11BrFNO2. The van der Waals surface area contributed by atoms with E-state index in [0.717, 1.165) is 16.1 Å². The van der Waals surface area contributed by atoms with Gasteiger partial charge in [0.2, 0.25) is 0 Å². The molecule has 21 heavy (non-hydrogen) atoms. The first kappa shape index (κ1) is 15.2. The molecule has 0 unspecified atom stereocenters. The Bertz CT molecular complexity index is 738. The summed E-state index contributed by atoms with van der Waals surface area (Å²) in [6.07, 6.45) is 0.697. The molecule has 0 saturated heterocycles. The number of aryl methyl sites for hydroxylation is 1. The highest BCUT2D eigenvalue weighted by molar-refractivity contribution is 9.10. The number of rotatable bonds is 4. The summed E-state index contributed by atoms with van der Waals surface area (Å²) < 4.78 is 20.1. The van der Waals surface area contributed by atoms with E-state index in [1.54, 1.807) is 6.07 Å². The van der Waals surface area contributed by atoms with Gasteiger partial charge in [0.05, 0.1) is 17.2 Å². The molecule has 2 rings (SSSR count). The fourth-order valence-corrected chi connectivity index (χ4v) is 2.51. The summed E-state index contributed by atoms with van der Waals surface area (Å²) in [4.78, 5) is 11.1. The number of aldehydes is 1. The molecule has 0 N–H and O–H groups in total. The van der Waals surface area contributed by atoms with Crippen LogP contribution in [0.1, 0.15) is 27.0 Å². The normalized spacial score (nSPS) is 10.0. The van der Waals surface area contributed by atoms with Gasteiger partial charge in [-0.05, 0) is 36.8 Å². The molecule has 0 aliphatic heterocycles. The van der Waals surface area contributed by atoms with Crippen LogP contribution in [0, 0.1) is 24.1 Å². The number of carbonyl (C=O) groups is 1. The number of nitriles is 1. The quantitative estimate of drug-likeness (QED) is 0.780. The van der Waals surface area contributed by atoms with Crippen LogP contribution in [0.5, 0.6) is 5.75 Å². The Kier molecular flexibility index (Phi) is 4.71. The Morgan fingerprint density at radius 3 is 2.76 bits per heavy atom. The highest BCUT2D eigenvalue weighted by Crippen LogP contribution is 2.28. The monoisotopic (exact) mass is 347 g/mol. The molecule has 2 aromatic carbocycles.